The molecule has 1 fully saturated rings. The first-order chi connectivity index (χ1) is 20.1. The van der Waals surface area contributed by atoms with Gasteiger partial charge in [-0.15, -0.1) is 0 Å². The SMILES string of the molecule is COc1ncnc(C2CC2)c1-c1nc(OCc2ccc(-c3nc(C(F)(F)F)cn3C(C)C)cc2)c2cc(F)ccc2n1. The van der Waals surface area contributed by atoms with Crippen LogP contribution >= 0.6 is 0 Å². The molecule has 5 aromatic rings. The van der Waals surface area contributed by atoms with E-state index in [0.29, 0.717) is 33.7 Å². The first-order valence-corrected chi connectivity index (χ1v) is 13.4. The lowest BCUT2D eigenvalue weighted by Gasteiger charge is -2.14. The predicted octanol–water partition coefficient (Wildman–Crippen LogP) is 7.15. The number of hydrogen-bond donors (Lipinski definition) is 0. The maximum absolute atomic E-state index is 14.2. The molecule has 3 aromatic heterocycles. The van der Waals surface area contributed by atoms with Gasteiger partial charge in [-0.1, -0.05) is 24.3 Å². The largest absolute Gasteiger partial charge is 0.480 e. The average molecular weight is 579 g/mol. The fourth-order valence-corrected chi connectivity index (χ4v) is 4.75. The van der Waals surface area contributed by atoms with Gasteiger partial charge in [0.1, 0.15) is 30.1 Å². The molecule has 0 aliphatic heterocycles. The van der Waals surface area contributed by atoms with Gasteiger partial charge in [-0.25, -0.2) is 24.3 Å². The first-order valence-electron chi connectivity index (χ1n) is 13.4. The van der Waals surface area contributed by atoms with E-state index in [2.05, 4.69) is 24.9 Å². The third-order valence-electron chi connectivity index (χ3n) is 7.01. The highest BCUT2D eigenvalue weighted by Crippen LogP contribution is 2.45. The number of benzene rings is 2. The normalized spacial score (nSPS) is 13.6. The summed E-state index contributed by atoms with van der Waals surface area (Å²) in [7, 11) is 1.51. The van der Waals surface area contributed by atoms with Crippen LogP contribution in [0.5, 0.6) is 11.8 Å². The number of halogens is 4. The zero-order chi connectivity index (χ0) is 29.6. The van der Waals surface area contributed by atoms with Crippen LogP contribution in [0.25, 0.3) is 33.7 Å². The Hall–Kier alpha value is -4.61. The molecule has 6 rings (SSSR count). The van der Waals surface area contributed by atoms with E-state index in [1.54, 1.807) is 44.2 Å². The molecule has 0 radical (unpaired) electrons. The molecule has 8 nitrogen and oxygen atoms in total. The summed E-state index contributed by atoms with van der Waals surface area (Å²) in [6.45, 7) is 3.65. The number of alkyl halides is 3. The van der Waals surface area contributed by atoms with Crippen LogP contribution < -0.4 is 9.47 Å². The second-order valence-corrected chi connectivity index (χ2v) is 10.4. The molecule has 0 spiro atoms. The van der Waals surface area contributed by atoms with Crippen LogP contribution in [0.4, 0.5) is 17.6 Å². The van der Waals surface area contributed by atoms with Crippen LogP contribution in [-0.4, -0.2) is 36.6 Å². The quantitative estimate of drug-likeness (QED) is 0.181. The van der Waals surface area contributed by atoms with Crippen LogP contribution in [-0.2, 0) is 12.8 Å². The van der Waals surface area contributed by atoms with Gasteiger partial charge in [-0.2, -0.15) is 18.2 Å². The summed E-state index contributed by atoms with van der Waals surface area (Å²) in [5, 5.41) is 0.387. The van der Waals surface area contributed by atoms with Gasteiger partial charge >= 0.3 is 6.18 Å². The second-order valence-electron chi connectivity index (χ2n) is 10.4. The van der Waals surface area contributed by atoms with Crippen molar-refractivity contribution in [1.82, 2.24) is 29.5 Å². The minimum Gasteiger partial charge on any atom is -0.480 e. The van der Waals surface area contributed by atoms with E-state index in [0.717, 1.165) is 30.3 Å². The molecule has 2 aromatic carbocycles. The summed E-state index contributed by atoms with van der Waals surface area (Å²) in [4.78, 5) is 21.9. The molecule has 0 bridgehead atoms. The monoisotopic (exact) mass is 578 g/mol. The lowest BCUT2D eigenvalue weighted by molar-refractivity contribution is -0.140. The van der Waals surface area contributed by atoms with Crippen LogP contribution in [0.3, 0.4) is 0 Å². The zero-order valence-corrected chi connectivity index (χ0v) is 23.0. The molecule has 0 N–H and O–H groups in total. The van der Waals surface area contributed by atoms with Gasteiger partial charge in [0.25, 0.3) is 0 Å². The van der Waals surface area contributed by atoms with E-state index in [1.165, 1.54) is 30.1 Å². The lowest BCUT2D eigenvalue weighted by atomic mass is 10.1. The predicted molar refractivity (Wildman–Crippen MR) is 146 cm³/mol. The van der Waals surface area contributed by atoms with Crippen LogP contribution in [0.1, 0.15) is 55.6 Å². The Balaban J connectivity index is 1.33. The summed E-state index contributed by atoms with van der Waals surface area (Å²) < 4.78 is 67.3. The van der Waals surface area contributed by atoms with Gasteiger partial charge in [0.15, 0.2) is 11.5 Å². The van der Waals surface area contributed by atoms with Crippen LogP contribution in [0.15, 0.2) is 55.0 Å². The van der Waals surface area contributed by atoms with Crippen molar-refractivity contribution in [3.05, 3.63) is 77.8 Å². The number of hydrogen-bond acceptors (Lipinski definition) is 7. The highest BCUT2D eigenvalue weighted by atomic mass is 19.4. The van der Waals surface area contributed by atoms with Gasteiger partial charge in [0, 0.05) is 23.7 Å². The Labute approximate surface area is 238 Å². The summed E-state index contributed by atoms with van der Waals surface area (Å²) in [5.74, 6) is 0.814. The van der Waals surface area contributed by atoms with Crippen molar-refractivity contribution < 1.29 is 27.0 Å². The number of ether oxygens (including phenoxy) is 2. The van der Waals surface area contributed by atoms with Crippen molar-refractivity contribution in [2.45, 2.75) is 51.4 Å². The maximum Gasteiger partial charge on any atom is 0.434 e. The number of methoxy groups -OCH3 is 1. The topological polar surface area (TPSA) is 87.8 Å². The van der Waals surface area contributed by atoms with Crippen LogP contribution in [0, 0.1) is 5.82 Å². The van der Waals surface area contributed by atoms with Crippen molar-refractivity contribution in [3.63, 3.8) is 0 Å². The highest BCUT2D eigenvalue weighted by Gasteiger charge is 2.35. The van der Waals surface area contributed by atoms with Gasteiger partial charge in [0.05, 0.1) is 23.7 Å². The number of aromatic nitrogens is 6. The van der Waals surface area contributed by atoms with Crippen LogP contribution in [0.2, 0.25) is 0 Å². The fraction of sp³-hybridized carbons (Fsp3) is 0.300. The summed E-state index contributed by atoms with van der Waals surface area (Å²) in [6, 6.07) is 10.8. The molecule has 0 amide bonds. The molecule has 0 atom stereocenters. The molecule has 1 aliphatic carbocycles. The average Bonchev–Trinajstić information content (AvgIpc) is 3.71. The first kappa shape index (κ1) is 27.6. The number of fused-ring (bicyclic) bond motifs is 1. The number of nitrogens with zero attached hydrogens (tertiary/aromatic N) is 6. The second kappa shape index (κ2) is 10.7. The van der Waals surface area contributed by atoms with Gasteiger partial charge < -0.3 is 14.0 Å². The molecule has 0 saturated heterocycles. The molecule has 3 heterocycles. The van der Waals surface area contributed by atoms with Gasteiger partial charge in [0.2, 0.25) is 11.8 Å². The molecule has 0 unspecified atom stereocenters. The third-order valence-corrected chi connectivity index (χ3v) is 7.01. The number of rotatable bonds is 8. The van der Waals surface area contributed by atoms with Crippen molar-refractivity contribution in [3.8, 4) is 34.5 Å². The standard InChI is InChI=1S/C30H26F4N6O2/c1-16(2)40-13-23(30(32,33)34)38-27(40)19-6-4-17(5-7-19)14-42-28-21-12-20(31)10-11-22(21)37-26(39-28)24-25(18-8-9-18)35-15-36-29(24)41-3/h4-7,10-13,15-16,18H,8-9,14H2,1-3H3. The summed E-state index contributed by atoms with van der Waals surface area (Å²) in [6.07, 6.45) is -0.0997. The van der Waals surface area contributed by atoms with Crippen molar-refractivity contribution in [2.24, 2.45) is 0 Å². The Morgan fingerprint density at radius 3 is 2.40 bits per heavy atom. The zero-order valence-electron chi connectivity index (χ0n) is 23.0. The van der Waals surface area contributed by atoms with Gasteiger partial charge in [-0.3, -0.25) is 0 Å². The minimum absolute atomic E-state index is 0.0622. The molecule has 12 heteroatoms. The molecular formula is C30H26F4N6O2. The van der Waals surface area contributed by atoms with E-state index in [1.807, 2.05) is 0 Å². The van der Waals surface area contributed by atoms with Crippen molar-refractivity contribution in [2.75, 3.05) is 7.11 Å². The fourth-order valence-electron chi connectivity index (χ4n) is 4.75. The smallest absolute Gasteiger partial charge is 0.434 e. The van der Waals surface area contributed by atoms with Crippen molar-refractivity contribution in [1.29, 1.82) is 0 Å². The molecular weight excluding hydrogens is 552 g/mol. The van der Waals surface area contributed by atoms with Crippen molar-refractivity contribution >= 4 is 10.9 Å². The summed E-state index contributed by atoms with van der Waals surface area (Å²) in [5.41, 5.74) is 2.15. The van der Waals surface area contributed by atoms with Gasteiger partial charge in [-0.05, 0) is 50.5 Å². The Kier molecular flexibility index (Phi) is 6.99. The molecule has 216 valence electrons. The highest BCUT2D eigenvalue weighted by molar-refractivity contribution is 5.86. The van der Waals surface area contributed by atoms with E-state index < -0.39 is 17.7 Å². The lowest BCUT2D eigenvalue weighted by Crippen LogP contribution is -2.05. The Morgan fingerprint density at radius 2 is 1.74 bits per heavy atom. The number of imidazole rings is 1. The maximum atomic E-state index is 14.2. The van der Waals surface area contributed by atoms with E-state index in [4.69, 9.17) is 9.47 Å². The Bertz CT molecular complexity index is 1770. The Morgan fingerprint density at radius 1 is 0.976 bits per heavy atom. The van der Waals surface area contributed by atoms with E-state index in [-0.39, 0.29) is 30.3 Å². The van der Waals surface area contributed by atoms with E-state index >= 15 is 0 Å². The molecule has 42 heavy (non-hydrogen) atoms. The summed E-state index contributed by atoms with van der Waals surface area (Å²) >= 11 is 0. The molecule has 1 aliphatic rings. The van der Waals surface area contributed by atoms with E-state index in [9.17, 15) is 17.6 Å². The minimum atomic E-state index is -4.55. The molecule has 1 saturated carbocycles. The third kappa shape index (κ3) is 5.36.